The molecule has 0 aromatic heterocycles. The van der Waals surface area contributed by atoms with Crippen molar-refractivity contribution in [1.82, 2.24) is 10.3 Å². The Labute approximate surface area is 121 Å². The third kappa shape index (κ3) is 5.97. The Morgan fingerprint density at radius 2 is 2.29 bits per heavy atom. The molecule has 0 fully saturated rings. The molecule has 0 heterocycles. The molecule has 0 aliphatic rings. The molecule has 114 valence electrons. The second kappa shape index (κ2) is 8.61. The predicted octanol–water partition coefficient (Wildman–Crippen LogP) is -0.109. The van der Waals surface area contributed by atoms with Crippen LogP contribution >= 0.6 is 0 Å². The van der Waals surface area contributed by atoms with Crippen LogP contribution in [-0.2, 0) is 0 Å². The van der Waals surface area contributed by atoms with Crippen LogP contribution in [-0.4, -0.2) is 53.5 Å². The number of hydrogen-bond acceptors (Lipinski definition) is 6. The number of hydrazone groups is 1. The molecule has 0 aliphatic carbocycles. The van der Waals surface area contributed by atoms with E-state index in [0.29, 0.717) is 18.7 Å². The van der Waals surface area contributed by atoms with Crippen LogP contribution < -0.4 is 11.1 Å². The van der Waals surface area contributed by atoms with Gasteiger partial charge in [0.25, 0.3) is 5.69 Å². The van der Waals surface area contributed by atoms with E-state index in [2.05, 4.69) is 10.4 Å². The van der Waals surface area contributed by atoms with Gasteiger partial charge in [0.1, 0.15) is 0 Å². The van der Waals surface area contributed by atoms with Crippen LogP contribution in [0.25, 0.3) is 0 Å². The van der Waals surface area contributed by atoms with Gasteiger partial charge in [-0.15, -0.1) is 0 Å². The van der Waals surface area contributed by atoms with Crippen LogP contribution in [0.5, 0.6) is 0 Å². The van der Waals surface area contributed by atoms with Crippen molar-refractivity contribution >= 4 is 17.9 Å². The zero-order chi connectivity index (χ0) is 15.7. The topological polar surface area (TPSA) is 134 Å². The average molecular weight is 295 g/mol. The highest BCUT2D eigenvalue weighted by molar-refractivity contribution is 5.82. The van der Waals surface area contributed by atoms with E-state index < -0.39 is 11.0 Å². The standard InChI is InChI=1S/C12H17N5O4/c13-12(19)16(6-4-14-5-7-18)15-9-10-2-1-3-11(8-10)17(20)21/h1-3,8-9,14,18H,4-7H2,(H2,13,19)/b15-9-. The maximum atomic E-state index is 11.2. The quantitative estimate of drug-likeness (QED) is 0.266. The van der Waals surface area contributed by atoms with E-state index in [0.717, 1.165) is 5.01 Å². The number of rotatable bonds is 8. The van der Waals surface area contributed by atoms with E-state index in [4.69, 9.17) is 10.8 Å². The van der Waals surface area contributed by atoms with Crippen LogP contribution in [0.4, 0.5) is 10.5 Å². The summed E-state index contributed by atoms with van der Waals surface area (Å²) in [5.41, 5.74) is 5.61. The fourth-order valence-electron chi connectivity index (χ4n) is 1.47. The van der Waals surface area contributed by atoms with Gasteiger partial charge in [-0.25, -0.2) is 9.80 Å². The van der Waals surface area contributed by atoms with Crippen molar-refractivity contribution in [3.05, 3.63) is 39.9 Å². The van der Waals surface area contributed by atoms with Crippen molar-refractivity contribution in [2.75, 3.05) is 26.2 Å². The summed E-state index contributed by atoms with van der Waals surface area (Å²) in [7, 11) is 0. The van der Waals surface area contributed by atoms with Crippen molar-refractivity contribution in [2.45, 2.75) is 0 Å². The molecule has 0 atom stereocenters. The lowest BCUT2D eigenvalue weighted by molar-refractivity contribution is -0.384. The molecule has 4 N–H and O–H groups in total. The molecule has 0 spiro atoms. The summed E-state index contributed by atoms with van der Waals surface area (Å²) in [6.07, 6.45) is 1.32. The lowest BCUT2D eigenvalue weighted by atomic mass is 10.2. The molecule has 0 saturated heterocycles. The Morgan fingerprint density at radius 3 is 2.90 bits per heavy atom. The minimum absolute atomic E-state index is 0.00643. The van der Waals surface area contributed by atoms with Gasteiger partial charge in [0.15, 0.2) is 0 Å². The summed E-state index contributed by atoms with van der Waals surface area (Å²) in [6.45, 7) is 1.03. The minimum Gasteiger partial charge on any atom is -0.395 e. The first-order chi connectivity index (χ1) is 10.0. The molecular formula is C12H17N5O4. The normalized spacial score (nSPS) is 10.7. The van der Waals surface area contributed by atoms with E-state index in [-0.39, 0.29) is 18.8 Å². The van der Waals surface area contributed by atoms with Crippen LogP contribution in [0.2, 0.25) is 0 Å². The number of nitrogens with two attached hydrogens (primary N) is 1. The monoisotopic (exact) mass is 295 g/mol. The highest BCUT2D eigenvalue weighted by Crippen LogP contribution is 2.11. The smallest absolute Gasteiger partial charge is 0.335 e. The van der Waals surface area contributed by atoms with Crippen LogP contribution in [0.3, 0.4) is 0 Å². The number of benzene rings is 1. The Bertz CT molecular complexity index is 520. The number of amides is 2. The number of primary amides is 1. The SMILES string of the molecule is NC(=O)N(CCNCCO)/N=C\c1cccc([N+](=O)[O-])c1. The number of nitro benzene ring substituents is 1. The highest BCUT2D eigenvalue weighted by atomic mass is 16.6. The van der Waals surface area contributed by atoms with Crippen LogP contribution in [0.1, 0.15) is 5.56 Å². The molecule has 21 heavy (non-hydrogen) atoms. The largest absolute Gasteiger partial charge is 0.395 e. The first kappa shape index (κ1) is 16.5. The summed E-state index contributed by atoms with van der Waals surface area (Å²) >= 11 is 0. The van der Waals surface area contributed by atoms with Crippen molar-refractivity contribution in [2.24, 2.45) is 10.8 Å². The Morgan fingerprint density at radius 1 is 1.52 bits per heavy atom. The van der Waals surface area contributed by atoms with Gasteiger partial charge in [-0.05, 0) is 0 Å². The summed E-state index contributed by atoms with van der Waals surface area (Å²) in [5.74, 6) is 0. The van der Waals surface area contributed by atoms with Crippen molar-refractivity contribution in [3.63, 3.8) is 0 Å². The molecule has 2 amide bonds. The lowest BCUT2D eigenvalue weighted by Crippen LogP contribution is -2.37. The van der Waals surface area contributed by atoms with Crippen molar-refractivity contribution < 1.29 is 14.8 Å². The van der Waals surface area contributed by atoms with Gasteiger partial charge < -0.3 is 16.2 Å². The molecule has 9 nitrogen and oxygen atoms in total. The second-order valence-electron chi connectivity index (χ2n) is 4.03. The Kier molecular flexibility index (Phi) is 6.78. The molecule has 0 unspecified atom stereocenters. The number of carbonyl (C=O) groups excluding carboxylic acids is 1. The first-order valence-electron chi connectivity index (χ1n) is 6.21. The average Bonchev–Trinajstić information content (AvgIpc) is 2.46. The molecule has 9 heteroatoms. The number of nitrogens with zero attached hydrogens (tertiary/aromatic N) is 3. The number of nitrogens with one attached hydrogen (secondary N) is 1. The summed E-state index contributed by atoms with van der Waals surface area (Å²) in [4.78, 5) is 21.3. The molecule has 0 bridgehead atoms. The number of urea groups is 1. The van der Waals surface area contributed by atoms with Gasteiger partial charge in [-0.1, -0.05) is 12.1 Å². The van der Waals surface area contributed by atoms with Crippen molar-refractivity contribution in [1.29, 1.82) is 0 Å². The number of aliphatic hydroxyl groups is 1. The van der Waals surface area contributed by atoms with Crippen LogP contribution in [0, 0.1) is 10.1 Å². The fraction of sp³-hybridized carbons (Fsp3) is 0.333. The van der Waals surface area contributed by atoms with Gasteiger partial charge in [-0.3, -0.25) is 10.1 Å². The maximum Gasteiger partial charge on any atom is 0.335 e. The van der Waals surface area contributed by atoms with E-state index in [1.54, 1.807) is 6.07 Å². The maximum absolute atomic E-state index is 11.2. The third-order valence-electron chi connectivity index (χ3n) is 2.47. The molecular weight excluding hydrogens is 278 g/mol. The summed E-state index contributed by atoms with van der Waals surface area (Å²) < 4.78 is 0. The minimum atomic E-state index is -0.734. The first-order valence-corrected chi connectivity index (χ1v) is 6.21. The van der Waals surface area contributed by atoms with Crippen molar-refractivity contribution in [3.8, 4) is 0 Å². The van der Waals surface area contributed by atoms with E-state index in [1.807, 2.05) is 0 Å². The Balaban J connectivity index is 2.67. The molecule has 1 aromatic carbocycles. The fourth-order valence-corrected chi connectivity index (χ4v) is 1.47. The molecule has 0 radical (unpaired) electrons. The number of hydrogen-bond donors (Lipinski definition) is 3. The number of carbonyl (C=O) groups is 1. The highest BCUT2D eigenvalue weighted by Gasteiger charge is 2.08. The molecule has 0 saturated carbocycles. The number of non-ortho nitro benzene ring substituents is 1. The predicted molar refractivity (Wildman–Crippen MR) is 76.9 cm³/mol. The van der Waals surface area contributed by atoms with E-state index in [9.17, 15) is 14.9 Å². The second-order valence-corrected chi connectivity index (χ2v) is 4.03. The van der Waals surface area contributed by atoms with Crippen LogP contribution in [0.15, 0.2) is 29.4 Å². The lowest BCUT2D eigenvalue weighted by Gasteiger charge is -2.14. The third-order valence-corrected chi connectivity index (χ3v) is 2.47. The van der Waals surface area contributed by atoms with E-state index in [1.165, 1.54) is 24.4 Å². The van der Waals surface area contributed by atoms with Gasteiger partial charge in [0.05, 0.1) is 24.3 Å². The summed E-state index contributed by atoms with van der Waals surface area (Å²) in [5, 5.41) is 27.1. The summed E-state index contributed by atoms with van der Waals surface area (Å²) in [6, 6.07) is 5.12. The van der Waals surface area contributed by atoms with Gasteiger partial charge in [0.2, 0.25) is 0 Å². The zero-order valence-electron chi connectivity index (χ0n) is 11.3. The zero-order valence-corrected chi connectivity index (χ0v) is 11.3. The Hall–Kier alpha value is -2.52. The van der Waals surface area contributed by atoms with Gasteiger partial charge in [-0.2, -0.15) is 5.10 Å². The number of nitro groups is 1. The molecule has 1 aromatic rings. The van der Waals surface area contributed by atoms with Gasteiger partial charge >= 0.3 is 6.03 Å². The number of aliphatic hydroxyl groups excluding tert-OH is 1. The van der Waals surface area contributed by atoms with Gasteiger partial charge in [0, 0.05) is 30.8 Å². The molecule has 0 aliphatic heterocycles. The molecule has 1 rings (SSSR count). The van der Waals surface area contributed by atoms with E-state index >= 15 is 0 Å².